The van der Waals surface area contributed by atoms with Crippen LogP contribution >= 0.6 is 11.3 Å². The molecule has 1 aromatic carbocycles. The van der Waals surface area contributed by atoms with Crippen molar-refractivity contribution in [1.29, 1.82) is 0 Å². The fourth-order valence-electron chi connectivity index (χ4n) is 5.85. The number of alkyl halides is 1. The summed E-state index contributed by atoms with van der Waals surface area (Å²) in [6, 6.07) is 5.64. The average molecular weight is 703 g/mol. The van der Waals surface area contributed by atoms with Gasteiger partial charge in [0.15, 0.2) is 5.79 Å². The van der Waals surface area contributed by atoms with Crippen LogP contribution in [-0.4, -0.2) is 75.5 Å². The summed E-state index contributed by atoms with van der Waals surface area (Å²) in [5.74, 6) is -4.35. The number of benzene rings is 1. The number of esters is 1. The van der Waals surface area contributed by atoms with Gasteiger partial charge in [0.1, 0.15) is 23.4 Å². The molecule has 4 rings (SSSR count). The molecular formula is C36H51FN4O7S. The highest BCUT2D eigenvalue weighted by Gasteiger charge is 2.50. The van der Waals surface area contributed by atoms with Gasteiger partial charge in [-0.1, -0.05) is 32.9 Å². The molecule has 49 heavy (non-hydrogen) atoms. The molecule has 2 aromatic rings. The third-order valence-corrected chi connectivity index (χ3v) is 9.41. The maximum absolute atomic E-state index is 14.4. The van der Waals surface area contributed by atoms with Crippen LogP contribution in [0.15, 0.2) is 23.7 Å². The maximum atomic E-state index is 14.4. The van der Waals surface area contributed by atoms with Gasteiger partial charge in [0.2, 0.25) is 17.7 Å². The molecule has 3 atom stereocenters. The lowest BCUT2D eigenvalue weighted by atomic mass is 9.79. The summed E-state index contributed by atoms with van der Waals surface area (Å²) < 4.78 is 26.0. The number of unbranched alkanes of at least 4 members (excludes halogenated alkanes) is 2. The number of thiazole rings is 1. The van der Waals surface area contributed by atoms with Gasteiger partial charge in [0.25, 0.3) is 0 Å². The summed E-state index contributed by atoms with van der Waals surface area (Å²) in [5, 5.41) is 15.8. The Morgan fingerprint density at radius 1 is 1.12 bits per heavy atom. The van der Waals surface area contributed by atoms with Crippen LogP contribution in [0.4, 0.5) is 4.39 Å². The molecule has 2 fully saturated rings. The Morgan fingerprint density at radius 2 is 1.84 bits per heavy atom. The number of aliphatic hydroxyl groups is 1. The standard InChI is InChI=1S/C36H51FN4O7S/c1-22-31(49-21-38-22)24-13-12-23(26(17-24)47-16-10-8-9-11-29(44)48-35(5,6)7)18-28(43)39-27-19-25(42)20-41(27)33(46)30(34(2,3)4)32(45)40-36(37)14-15-36/h12-13,17,21,25,27,30,42H,8-11,14-16,18-20H2,1-7H3,(H,39,43)(H,40,45)/t25-,27+,30+/m1/s1. The van der Waals surface area contributed by atoms with E-state index in [2.05, 4.69) is 15.6 Å². The molecule has 1 aliphatic carbocycles. The summed E-state index contributed by atoms with van der Waals surface area (Å²) in [6.45, 7) is 13.0. The molecule has 270 valence electrons. The van der Waals surface area contributed by atoms with Gasteiger partial charge in [-0.05, 0) is 64.0 Å². The van der Waals surface area contributed by atoms with Gasteiger partial charge in [-0.2, -0.15) is 0 Å². The number of β-amino-alcohol motifs (C(OH)–C–C–N with tert-alkyl or cyclic N) is 1. The van der Waals surface area contributed by atoms with Crippen molar-refractivity contribution < 1.29 is 38.1 Å². The molecule has 1 aliphatic heterocycles. The van der Waals surface area contributed by atoms with Crippen LogP contribution in [0.1, 0.15) is 97.7 Å². The topological polar surface area (TPSA) is 147 Å². The summed E-state index contributed by atoms with van der Waals surface area (Å²) in [4.78, 5) is 59.1. The molecule has 0 bridgehead atoms. The van der Waals surface area contributed by atoms with E-state index in [1.165, 1.54) is 16.2 Å². The molecule has 0 spiro atoms. The lowest BCUT2D eigenvalue weighted by molar-refractivity contribution is -0.155. The van der Waals surface area contributed by atoms with E-state index >= 15 is 0 Å². The quantitative estimate of drug-likeness (QED) is 0.105. The molecule has 11 nitrogen and oxygen atoms in total. The van der Waals surface area contributed by atoms with Gasteiger partial charge in [-0.15, -0.1) is 11.3 Å². The second-order valence-electron chi connectivity index (χ2n) is 15.2. The first-order valence-corrected chi connectivity index (χ1v) is 17.9. The van der Waals surface area contributed by atoms with Crippen molar-refractivity contribution in [3.8, 4) is 16.2 Å². The maximum Gasteiger partial charge on any atom is 0.306 e. The van der Waals surface area contributed by atoms with E-state index in [-0.39, 0.29) is 38.2 Å². The first-order valence-electron chi connectivity index (χ1n) is 17.0. The number of hydrogen-bond donors (Lipinski definition) is 3. The number of ether oxygens (including phenoxy) is 2. The molecule has 3 N–H and O–H groups in total. The number of nitrogens with one attached hydrogen (secondary N) is 2. The van der Waals surface area contributed by atoms with Crippen molar-refractivity contribution in [2.24, 2.45) is 11.3 Å². The van der Waals surface area contributed by atoms with Crippen molar-refractivity contribution in [3.63, 3.8) is 0 Å². The lowest BCUT2D eigenvalue weighted by Gasteiger charge is -2.34. The predicted molar refractivity (Wildman–Crippen MR) is 184 cm³/mol. The van der Waals surface area contributed by atoms with E-state index in [4.69, 9.17) is 9.47 Å². The van der Waals surface area contributed by atoms with Gasteiger partial charge in [0, 0.05) is 37.8 Å². The minimum atomic E-state index is -1.78. The SMILES string of the molecule is Cc1ncsc1-c1ccc(CC(=O)N[C@@H]2C[C@@H](O)CN2C(=O)[C@H](C(=O)NC2(F)CC2)C(C)(C)C)c(OCCCCCC(=O)OC(C)(C)C)c1. The van der Waals surface area contributed by atoms with Crippen molar-refractivity contribution in [2.45, 2.75) is 123 Å². The molecule has 13 heteroatoms. The largest absolute Gasteiger partial charge is 0.493 e. The van der Waals surface area contributed by atoms with E-state index in [9.17, 15) is 28.7 Å². The third-order valence-electron chi connectivity index (χ3n) is 8.43. The number of halogens is 1. The number of aromatic nitrogens is 1. The average Bonchev–Trinajstić information content (AvgIpc) is 3.34. The Kier molecular flexibility index (Phi) is 12.1. The molecule has 3 amide bonds. The Balaban J connectivity index is 1.42. The molecule has 1 aromatic heterocycles. The number of amides is 3. The molecule has 2 heterocycles. The van der Waals surface area contributed by atoms with Crippen molar-refractivity contribution in [3.05, 3.63) is 35.0 Å². The van der Waals surface area contributed by atoms with Gasteiger partial charge < -0.3 is 30.1 Å². The van der Waals surface area contributed by atoms with Gasteiger partial charge in [-0.25, -0.2) is 9.37 Å². The Hall–Kier alpha value is -3.58. The zero-order chi connectivity index (χ0) is 36.1. The van der Waals surface area contributed by atoms with Gasteiger partial charge in [0.05, 0.1) is 35.2 Å². The van der Waals surface area contributed by atoms with E-state index in [0.29, 0.717) is 37.2 Å². The van der Waals surface area contributed by atoms with Crippen LogP contribution < -0.4 is 15.4 Å². The van der Waals surface area contributed by atoms with Crippen molar-refractivity contribution in [1.82, 2.24) is 20.5 Å². The molecular weight excluding hydrogens is 651 g/mol. The second-order valence-corrected chi connectivity index (χ2v) is 16.1. The van der Waals surface area contributed by atoms with E-state index in [0.717, 1.165) is 22.6 Å². The first kappa shape index (κ1) is 38.2. The Morgan fingerprint density at radius 3 is 2.45 bits per heavy atom. The Labute approximate surface area is 292 Å². The number of likely N-dealkylation sites (tertiary alicyclic amines) is 1. The number of carbonyl (C=O) groups excluding carboxylic acids is 4. The monoisotopic (exact) mass is 702 g/mol. The van der Waals surface area contributed by atoms with E-state index < -0.39 is 52.7 Å². The van der Waals surface area contributed by atoms with Gasteiger partial charge in [-0.3, -0.25) is 19.2 Å². The highest BCUT2D eigenvalue weighted by atomic mass is 32.1. The van der Waals surface area contributed by atoms with Crippen LogP contribution in [0, 0.1) is 18.3 Å². The van der Waals surface area contributed by atoms with Crippen molar-refractivity contribution >= 4 is 35.0 Å². The number of rotatable bonds is 14. The molecule has 2 aliphatic rings. The van der Waals surface area contributed by atoms with Crippen LogP contribution in [0.3, 0.4) is 0 Å². The first-order chi connectivity index (χ1) is 22.8. The predicted octanol–water partition coefficient (Wildman–Crippen LogP) is 5.22. The number of nitrogens with zero attached hydrogens (tertiary/aromatic N) is 2. The highest BCUT2D eigenvalue weighted by Crippen LogP contribution is 2.39. The number of hydrogen-bond acceptors (Lipinski definition) is 9. The Bertz CT molecular complexity index is 1510. The minimum Gasteiger partial charge on any atom is -0.493 e. The zero-order valence-corrected chi connectivity index (χ0v) is 30.5. The minimum absolute atomic E-state index is 0.0574. The number of aryl methyl sites for hydroxylation is 1. The zero-order valence-electron chi connectivity index (χ0n) is 29.7. The van der Waals surface area contributed by atoms with E-state index in [1.807, 2.05) is 45.9 Å². The fourth-order valence-corrected chi connectivity index (χ4v) is 6.65. The molecule has 1 saturated carbocycles. The number of carbonyl (C=O) groups is 4. The number of aliphatic hydroxyl groups excluding tert-OH is 1. The van der Waals surface area contributed by atoms with Crippen LogP contribution in [0.25, 0.3) is 10.4 Å². The van der Waals surface area contributed by atoms with Crippen LogP contribution in [0.2, 0.25) is 0 Å². The summed E-state index contributed by atoms with van der Waals surface area (Å²) >= 11 is 1.51. The highest BCUT2D eigenvalue weighted by molar-refractivity contribution is 7.13. The molecule has 1 saturated heterocycles. The van der Waals surface area contributed by atoms with E-state index in [1.54, 1.807) is 26.3 Å². The smallest absolute Gasteiger partial charge is 0.306 e. The van der Waals surface area contributed by atoms with Crippen molar-refractivity contribution in [2.75, 3.05) is 13.2 Å². The third kappa shape index (κ3) is 11.0. The summed E-state index contributed by atoms with van der Waals surface area (Å²) in [7, 11) is 0. The fraction of sp³-hybridized carbons (Fsp3) is 0.639. The van der Waals surface area contributed by atoms with Crippen LogP contribution in [0.5, 0.6) is 5.75 Å². The normalized spacial score (nSPS) is 19.2. The molecule has 0 radical (unpaired) electrons. The lowest BCUT2D eigenvalue weighted by Crippen LogP contribution is -2.55. The second kappa shape index (κ2) is 15.5. The summed E-state index contributed by atoms with van der Waals surface area (Å²) in [5.41, 5.74) is 2.85. The summed E-state index contributed by atoms with van der Waals surface area (Å²) in [6.07, 6.45) is 1.16. The van der Waals surface area contributed by atoms with Gasteiger partial charge >= 0.3 is 5.97 Å². The van der Waals surface area contributed by atoms with Crippen LogP contribution in [-0.2, 0) is 30.3 Å². The molecule has 0 unspecified atom stereocenters.